The molecular weight excluding hydrogens is 399 g/mol. The first-order valence-corrected chi connectivity index (χ1v) is 8.04. The third-order valence-corrected chi connectivity index (χ3v) is 3.79. The van der Waals surface area contributed by atoms with E-state index in [9.17, 15) is 18.0 Å². The highest BCUT2D eigenvalue weighted by Gasteiger charge is 2.32. The van der Waals surface area contributed by atoms with Gasteiger partial charge in [0.1, 0.15) is 17.2 Å². The third kappa shape index (κ3) is 5.18. The summed E-state index contributed by atoms with van der Waals surface area (Å²) in [5.74, 6) is -0.925. The molecule has 0 unspecified atom stereocenters. The summed E-state index contributed by atoms with van der Waals surface area (Å²) in [5, 5.41) is 3.50. The standard InChI is InChI=1S/C18H13ClF3N3O3/c1-10-3-6-13(9-14(10)18(20,21)22)28-16-8-12(19)5-4-11(16)7-15(24-25-23)17(26)27-2/h3-9H,1-2H3/b15-7-. The van der Waals surface area contributed by atoms with E-state index in [2.05, 4.69) is 14.8 Å². The second-order valence-electron chi connectivity index (χ2n) is 5.47. The molecule has 0 N–H and O–H groups in total. The lowest BCUT2D eigenvalue weighted by molar-refractivity contribution is -0.138. The van der Waals surface area contributed by atoms with Gasteiger partial charge in [0.2, 0.25) is 0 Å². The summed E-state index contributed by atoms with van der Waals surface area (Å²) in [4.78, 5) is 14.2. The zero-order valence-electron chi connectivity index (χ0n) is 14.6. The van der Waals surface area contributed by atoms with Gasteiger partial charge >= 0.3 is 12.1 Å². The fraction of sp³-hybridized carbons (Fsp3) is 0.167. The van der Waals surface area contributed by atoms with Crippen molar-refractivity contribution in [3.63, 3.8) is 0 Å². The van der Waals surface area contributed by atoms with Crippen molar-refractivity contribution in [2.75, 3.05) is 7.11 Å². The van der Waals surface area contributed by atoms with Crippen LogP contribution in [0, 0.1) is 6.92 Å². The van der Waals surface area contributed by atoms with Crippen LogP contribution in [0.5, 0.6) is 11.5 Å². The molecule has 2 rings (SSSR count). The van der Waals surface area contributed by atoms with Crippen LogP contribution in [0.1, 0.15) is 16.7 Å². The largest absolute Gasteiger partial charge is 0.466 e. The van der Waals surface area contributed by atoms with Gasteiger partial charge < -0.3 is 9.47 Å². The molecule has 146 valence electrons. The van der Waals surface area contributed by atoms with Gasteiger partial charge in [-0.05, 0) is 48.4 Å². The normalized spacial score (nSPS) is 11.6. The molecule has 0 bridgehead atoms. The van der Waals surface area contributed by atoms with Crippen molar-refractivity contribution in [2.45, 2.75) is 13.1 Å². The number of benzene rings is 2. The fourth-order valence-corrected chi connectivity index (χ4v) is 2.40. The van der Waals surface area contributed by atoms with Crippen molar-refractivity contribution >= 4 is 23.6 Å². The highest BCUT2D eigenvalue weighted by atomic mass is 35.5. The number of halogens is 4. The number of ether oxygens (including phenoxy) is 2. The van der Waals surface area contributed by atoms with Crippen molar-refractivity contribution in [1.29, 1.82) is 0 Å². The Kier molecular flexibility index (Phi) is 6.56. The molecule has 0 spiro atoms. The van der Waals surface area contributed by atoms with Gasteiger partial charge in [0.15, 0.2) is 0 Å². The number of esters is 1. The Hall–Kier alpha value is -3.16. The molecule has 0 aliphatic carbocycles. The molecular formula is C18H13ClF3N3O3. The van der Waals surface area contributed by atoms with Gasteiger partial charge in [-0.3, -0.25) is 0 Å². The fourth-order valence-electron chi connectivity index (χ4n) is 2.24. The number of aryl methyl sites for hydroxylation is 1. The van der Waals surface area contributed by atoms with E-state index in [1.165, 1.54) is 43.3 Å². The molecule has 2 aromatic carbocycles. The molecule has 0 atom stereocenters. The summed E-state index contributed by atoms with van der Waals surface area (Å²) in [6.45, 7) is 1.34. The van der Waals surface area contributed by atoms with Crippen LogP contribution in [0.25, 0.3) is 16.5 Å². The summed E-state index contributed by atoms with van der Waals surface area (Å²) in [7, 11) is 1.10. The summed E-state index contributed by atoms with van der Waals surface area (Å²) >= 11 is 5.95. The molecule has 28 heavy (non-hydrogen) atoms. The van der Waals surface area contributed by atoms with E-state index in [1.54, 1.807) is 0 Å². The molecule has 0 fully saturated rings. The highest BCUT2D eigenvalue weighted by molar-refractivity contribution is 6.30. The maximum atomic E-state index is 13.1. The van der Waals surface area contributed by atoms with Crippen LogP contribution in [0.2, 0.25) is 5.02 Å². The number of carbonyl (C=O) groups is 1. The molecule has 0 saturated carbocycles. The molecule has 10 heteroatoms. The van der Waals surface area contributed by atoms with Crippen molar-refractivity contribution < 1.29 is 27.4 Å². The average Bonchev–Trinajstić information content (AvgIpc) is 2.63. The Labute approximate surface area is 162 Å². The minimum Gasteiger partial charge on any atom is -0.466 e. The van der Waals surface area contributed by atoms with Gasteiger partial charge in [0.25, 0.3) is 0 Å². The van der Waals surface area contributed by atoms with Crippen LogP contribution >= 0.6 is 11.6 Å². The predicted molar refractivity (Wildman–Crippen MR) is 96.8 cm³/mol. The lowest BCUT2D eigenvalue weighted by Crippen LogP contribution is -2.07. The van der Waals surface area contributed by atoms with Crippen molar-refractivity contribution in [2.24, 2.45) is 5.11 Å². The number of alkyl halides is 3. The van der Waals surface area contributed by atoms with Crippen molar-refractivity contribution in [3.05, 3.63) is 74.3 Å². The van der Waals surface area contributed by atoms with E-state index in [4.69, 9.17) is 21.9 Å². The Morgan fingerprint density at radius 1 is 1.25 bits per heavy atom. The van der Waals surface area contributed by atoms with Gasteiger partial charge in [-0.2, -0.15) is 13.2 Å². The maximum Gasteiger partial charge on any atom is 0.416 e. The Balaban J connectivity index is 2.52. The maximum absolute atomic E-state index is 13.1. The number of nitrogens with zero attached hydrogens (tertiary/aromatic N) is 3. The first-order valence-electron chi connectivity index (χ1n) is 7.66. The lowest BCUT2D eigenvalue weighted by Gasteiger charge is -2.14. The SMILES string of the molecule is COC(=O)/C(=C/c1ccc(Cl)cc1Oc1ccc(C)c(C(F)(F)F)c1)N=[N+]=[N-]. The minimum atomic E-state index is -4.54. The first kappa shape index (κ1) is 21.1. The van der Waals surface area contributed by atoms with Crippen molar-refractivity contribution in [1.82, 2.24) is 0 Å². The molecule has 2 aromatic rings. The van der Waals surface area contributed by atoms with Gasteiger partial charge in [-0.1, -0.05) is 22.8 Å². The Bertz CT molecular complexity index is 984. The molecule has 0 amide bonds. The molecule has 0 aromatic heterocycles. The summed E-state index contributed by atoms with van der Waals surface area (Å²) in [6.07, 6.45) is -3.36. The molecule has 0 heterocycles. The van der Waals surface area contributed by atoms with Gasteiger partial charge in [-0.15, -0.1) is 0 Å². The van der Waals surface area contributed by atoms with Crippen LogP contribution in [-0.2, 0) is 15.7 Å². The number of methoxy groups -OCH3 is 1. The first-order chi connectivity index (χ1) is 13.2. The highest BCUT2D eigenvalue weighted by Crippen LogP contribution is 2.36. The number of rotatable bonds is 5. The summed E-state index contributed by atoms with van der Waals surface area (Å²) in [6, 6.07) is 7.78. The van der Waals surface area contributed by atoms with Crippen LogP contribution in [0.3, 0.4) is 0 Å². The topological polar surface area (TPSA) is 84.3 Å². The second kappa shape index (κ2) is 8.69. The zero-order chi connectivity index (χ0) is 20.9. The average molecular weight is 412 g/mol. The van der Waals surface area contributed by atoms with Gasteiger partial charge in [0, 0.05) is 21.6 Å². The molecule has 6 nitrogen and oxygen atoms in total. The third-order valence-electron chi connectivity index (χ3n) is 3.56. The summed E-state index contributed by atoms with van der Waals surface area (Å²) < 4.78 is 49.4. The van der Waals surface area contributed by atoms with E-state index in [0.717, 1.165) is 13.2 Å². The van der Waals surface area contributed by atoms with Crippen LogP contribution in [-0.4, -0.2) is 13.1 Å². The quantitative estimate of drug-likeness (QED) is 0.191. The number of azide groups is 1. The van der Waals surface area contributed by atoms with E-state index in [1.807, 2.05) is 0 Å². The monoisotopic (exact) mass is 411 g/mol. The molecule has 0 saturated heterocycles. The smallest absolute Gasteiger partial charge is 0.416 e. The number of carbonyl (C=O) groups excluding carboxylic acids is 1. The van der Waals surface area contributed by atoms with E-state index < -0.39 is 17.7 Å². The molecule has 0 aliphatic rings. The van der Waals surface area contributed by atoms with E-state index in [0.29, 0.717) is 0 Å². The van der Waals surface area contributed by atoms with Crippen LogP contribution in [0.15, 0.2) is 47.2 Å². The Morgan fingerprint density at radius 3 is 2.57 bits per heavy atom. The number of hydrogen-bond acceptors (Lipinski definition) is 4. The number of hydrogen-bond donors (Lipinski definition) is 0. The summed E-state index contributed by atoms with van der Waals surface area (Å²) in [5.41, 5.74) is 7.67. The predicted octanol–water partition coefficient (Wildman–Crippen LogP) is 6.28. The van der Waals surface area contributed by atoms with E-state index >= 15 is 0 Å². The van der Waals surface area contributed by atoms with E-state index in [-0.39, 0.29) is 33.3 Å². The van der Waals surface area contributed by atoms with Gasteiger partial charge in [-0.25, -0.2) is 4.79 Å². The van der Waals surface area contributed by atoms with Crippen LogP contribution in [0.4, 0.5) is 13.2 Å². The van der Waals surface area contributed by atoms with Crippen molar-refractivity contribution in [3.8, 4) is 11.5 Å². The minimum absolute atomic E-state index is 0.0439. The second-order valence-corrected chi connectivity index (χ2v) is 5.91. The molecule has 0 aliphatic heterocycles. The van der Waals surface area contributed by atoms with Gasteiger partial charge in [0.05, 0.1) is 12.7 Å². The lowest BCUT2D eigenvalue weighted by atomic mass is 10.1. The molecule has 0 radical (unpaired) electrons. The Morgan fingerprint density at radius 2 is 1.96 bits per heavy atom. The zero-order valence-corrected chi connectivity index (χ0v) is 15.4. The van der Waals surface area contributed by atoms with Crippen LogP contribution < -0.4 is 4.74 Å².